The molecule has 0 aliphatic carbocycles. The molecule has 0 fully saturated rings. The van der Waals surface area contributed by atoms with Gasteiger partial charge in [0.1, 0.15) is 6.67 Å². The van der Waals surface area contributed by atoms with E-state index in [0.717, 1.165) is 11.1 Å². The Balaban J connectivity index is 2.83. The molecule has 0 saturated carbocycles. The van der Waals surface area contributed by atoms with E-state index in [4.69, 9.17) is 11.6 Å². The molecule has 1 aromatic heterocycles. The number of nitrogens with zero attached hydrogens (tertiary/aromatic N) is 3. The number of nitrogens with one attached hydrogen (secondary N) is 1. The van der Waals surface area contributed by atoms with Crippen molar-refractivity contribution >= 4 is 22.9 Å². The number of hydrogen-bond acceptors (Lipinski definition) is 6. The van der Waals surface area contributed by atoms with Crippen LogP contribution in [0.1, 0.15) is 4.88 Å². The summed E-state index contributed by atoms with van der Waals surface area (Å²) in [6.07, 6.45) is 2.37. The van der Waals surface area contributed by atoms with Gasteiger partial charge in [-0.15, -0.1) is 11.3 Å². The van der Waals surface area contributed by atoms with Crippen molar-refractivity contribution in [2.45, 2.75) is 6.54 Å². The molecule has 0 aromatic carbocycles. The molecule has 0 aliphatic rings. The largest absolute Gasteiger partial charge is 0.370 e. The maximum atomic E-state index is 12.5. The highest BCUT2D eigenvalue weighted by Crippen LogP contribution is 2.20. The molecule has 6 nitrogen and oxygen atoms in total. The van der Waals surface area contributed by atoms with Gasteiger partial charge in [0.25, 0.3) is 6.20 Å². The molecule has 100 valence electrons. The summed E-state index contributed by atoms with van der Waals surface area (Å²) < 4.78 is 12.9. The number of nitro groups is 1. The Morgan fingerprint density at radius 3 is 3.00 bits per heavy atom. The van der Waals surface area contributed by atoms with Gasteiger partial charge in [-0.2, -0.15) is 0 Å². The molecular weight excluding hydrogens is 283 g/mol. The van der Waals surface area contributed by atoms with Crippen LogP contribution in [0.3, 0.4) is 0 Å². The Labute approximate surface area is 112 Å². The van der Waals surface area contributed by atoms with Crippen LogP contribution in [0.4, 0.5) is 4.39 Å². The van der Waals surface area contributed by atoms with Crippen LogP contribution in [0.25, 0.3) is 0 Å². The van der Waals surface area contributed by atoms with E-state index in [1.54, 1.807) is 13.2 Å². The highest BCUT2D eigenvalue weighted by atomic mass is 35.5. The molecule has 0 unspecified atom stereocenters. The fourth-order valence-corrected chi connectivity index (χ4v) is 2.33. The lowest BCUT2D eigenvalue weighted by molar-refractivity contribution is -0.404. The first-order valence-corrected chi connectivity index (χ1v) is 6.20. The van der Waals surface area contributed by atoms with Crippen molar-refractivity contribution < 1.29 is 9.31 Å². The van der Waals surface area contributed by atoms with Crippen molar-refractivity contribution in [3.05, 3.63) is 37.7 Å². The number of thiazole rings is 1. The van der Waals surface area contributed by atoms with Crippen molar-refractivity contribution in [2.24, 2.45) is 0 Å². The van der Waals surface area contributed by atoms with Crippen molar-refractivity contribution in [2.75, 3.05) is 20.3 Å². The monoisotopic (exact) mass is 294 g/mol. The zero-order chi connectivity index (χ0) is 13.5. The molecule has 9 heteroatoms. The predicted octanol–water partition coefficient (Wildman–Crippen LogP) is 1.86. The summed E-state index contributed by atoms with van der Waals surface area (Å²) in [6.45, 7) is -0.242. The van der Waals surface area contributed by atoms with Crippen molar-refractivity contribution in [1.82, 2.24) is 15.2 Å². The van der Waals surface area contributed by atoms with E-state index in [1.807, 2.05) is 0 Å². The fraction of sp³-hybridized carbons (Fsp3) is 0.444. The number of halogens is 2. The molecule has 1 N–H and O–H groups in total. The molecule has 0 bridgehead atoms. The Kier molecular flexibility index (Phi) is 5.79. The van der Waals surface area contributed by atoms with E-state index < -0.39 is 11.6 Å². The molecule has 1 heterocycles. The van der Waals surface area contributed by atoms with Crippen LogP contribution in [0, 0.1) is 10.1 Å². The van der Waals surface area contributed by atoms with Crippen LogP contribution in [0.5, 0.6) is 0 Å². The highest BCUT2D eigenvalue weighted by Gasteiger charge is 2.14. The standard InChI is InChI=1S/C9H12ClFN4O2S/c1-12-8(6-15(16)17)14(3-2-11)5-7-4-13-9(10)18-7/h4,6,12H,2-3,5H2,1H3. The molecule has 0 saturated heterocycles. The quantitative estimate of drug-likeness (QED) is 0.614. The Morgan fingerprint density at radius 2 is 2.56 bits per heavy atom. The van der Waals surface area contributed by atoms with E-state index in [-0.39, 0.29) is 12.4 Å². The van der Waals surface area contributed by atoms with Crippen molar-refractivity contribution in [3.63, 3.8) is 0 Å². The minimum absolute atomic E-state index is 0.0516. The van der Waals surface area contributed by atoms with Gasteiger partial charge in [0.15, 0.2) is 10.3 Å². The van der Waals surface area contributed by atoms with Crippen LogP contribution >= 0.6 is 22.9 Å². The fourth-order valence-electron chi connectivity index (χ4n) is 1.34. The third kappa shape index (κ3) is 4.46. The van der Waals surface area contributed by atoms with Gasteiger partial charge in [-0.1, -0.05) is 11.6 Å². The summed E-state index contributed by atoms with van der Waals surface area (Å²) in [5, 5.41) is 13.1. The highest BCUT2D eigenvalue weighted by molar-refractivity contribution is 7.15. The third-order valence-electron chi connectivity index (χ3n) is 2.05. The van der Waals surface area contributed by atoms with Crippen LogP contribution in [-0.4, -0.2) is 35.1 Å². The van der Waals surface area contributed by atoms with Crippen LogP contribution in [0.15, 0.2) is 18.2 Å². The number of aromatic nitrogens is 1. The van der Waals surface area contributed by atoms with Gasteiger partial charge in [0.05, 0.1) is 11.5 Å². The lowest BCUT2D eigenvalue weighted by Gasteiger charge is -2.23. The van der Waals surface area contributed by atoms with Gasteiger partial charge in [-0.3, -0.25) is 10.1 Å². The summed E-state index contributed by atoms with van der Waals surface area (Å²) in [6, 6.07) is 0. The Hall–Kier alpha value is -1.41. The molecule has 0 radical (unpaired) electrons. The van der Waals surface area contributed by atoms with Gasteiger partial charge in [-0.05, 0) is 0 Å². The second-order valence-electron chi connectivity index (χ2n) is 3.24. The van der Waals surface area contributed by atoms with Crippen LogP contribution < -0.4 is 5.32 Å². The number of alkyl halides is 1. The molecule has 0 aliphatic heterocycles. The van der Waals surface area contributed by atoms with Gasteiger partial charge in [0.2, 0.25) is 0 Å². The van der Waals surface area contributed by atoms with Crippen LogP contribution in [-0.2, 0) is 6.54 Å². The minimum Gasteiger partial charge on any atom is -0.370 e. The smallest absolute Gasteiger partial charge is 0.274 e. The Morgan fingerprint density at radius 1 is 1.83 bits per heavy atom. The first kappa shape index (κ1) is 14.7. The average Bonchev–Trinajstić information content (AvgIpc) is 2.71. The van der Waals surface area contributed by atoms with Crippen molar-refractivity contribution in [1.29, 1.82) is 0 Å². The summed E-state index contributed by atoms with van der Waals surface area (Å²) >= 11 is 6.95. The zero-order valence-corrected chi connectivity index (χ0v) is 11.2. The summed E-state index contributed by atoms with van der Waals surface area (Å²) in [5.74, 6) is 0.238. The van der Waals surface area contributed by atoms with Gasteiger partial charge < -0.3 is 10.2 Å². The third-order valence-corrected chi connectivity index (χ3v) is 3.15. The van der Waals surface area contributed by atoms with E-state index >= 15 is 0 Å². The van der Waals surface area contributed by atoms with E-state index in [9.17, 15) is 14.5 Å². The maximum absolute atomic E-state index is 12.5. The minimum atomic E-state index is -0.608. The lowest BCUT2D eigenvalue weighted by atomic mass is 10.4. The second kappa shape index (κ2) is 7.12. The number of hydrogen-bond donors (Lipinski definition) is 1. The summed E-state index contributed by atoms with van der Waals surface area (Å²) in [7, 11) is 1.54. The molecule has 0 amide bonds. The zero-order valence-electron chi connectivity index (χ0n) is 9.60. The molecule has 0 atom stereocenters. The van der Waals surface area contributed by atoms with Gasteiger partial charge in [0, 0.05) is 24.7 Å². The Bertz CT molecular complexity index is 440. The lowest BCUT2D eigenvalue weighted by Crippen LogP contribution is -2.31. The molecule has 18 heavy (non-hydrogen) atoms. The van der Waals surface area contributed by atoms with E-state index in [1.165, 1.54) is 16.2 Å². The van der Waals surface area contributed by atoms with Crippen LogP contribution in [0.2, 0.25) is 4.47 Å². The molecule has 1 aromatic rings. The van der Waals surface area contributed by atoms with E-state index in [0.29, 0.717) is 11.0 Å². The topological polar surface area (TPSA) is 71.3 Å². The van der Waals surface area contributed by atoms with E-state index in [2.05, 4.69) is 10.3 Å². The molecule has 0 spiro atoms. The predicted molar refractivity (Wildman–Crippen MR) is 67.6 cm³/mol. The SMILES string of the molecule is CNC(=C[N+](=O)[O-])N(CCF)Cc1cnc(Cl)s1. The summed E-state index contributed by atoms with van der Waals surface area (Å²) in [4.78, 5) is 16.1. The first-order valence-electron chi connectivity index (χ1n) is 5.01. The molecular formula is C9H12ClFN4O2S. The normalized spacial score (nSPS) is 11.4. The van der Waals surface area contributed by atoms with Gasteiger partial charge in [-0.25, -0.2) is 9.37 Å². The average molecular weight is 295 g/mol. The second-order valence-corrected chi connectivity index (χ2v) is 4.94. The first-order chi connectivity index (χ1) is 8.56. The maximum Gasteiger partial charge on any atom is 0.274 e. The van der Waals surface area contributed by atoms with Crippen molar-refractivity contribution in [3.8, 4) is 0 Å². The summed E-state index contributed by atoms with van der Waals surface area (Å²) in [5.41, 5.74) is 0. The number of rotatable bonds is 7. The molecule has 1 rings (SSSR count). The van der Waals surface area contributed by atoms with Gasteiger partial charge >= 0.3 is 0 Å².